The number of carbonyl (C=O) groups is 3. The molecule has 1 aromatic rings. The van der Waals surface area contributed by atoms with Crippen LogP contribution < -0.4 is 40.0 Å². The third kappa shape index (κ3) is 8.89. The van der Waals surface area contributed by atoms with E-state index >= 15 is 0 Å². The number of esters is 1. The summed E-state index contributed by atoms with van der Waals surface area (Å²) in [5.41, 5.74) is 0.527. The zero-order chi connectivity index (χ0) is 19.0. The Kier molecular flexibility index (Phi) is 11.6. The van der Waals surface area contributed by atoms with Crippen LogP contribution in [0.5, 0.6) is 0 Å². The second-order valence-electron chi connectivity index (χ2n) is 5.77. The fraction of sp³-hybridized carbons (Fsp3) is 0.471. The Morgan fingerprint density at radius 3 is 2.19 bits per heavy atom. The minimum Gasteiger partial charge on any atom is -0.549 e. The van der Waals surface area contributed by atoms with Gasteiger partial charge in [0.2, 0.25) is 0 Å². The maximum atomic E-state index is 11.8. The van der Waals surface area contributed by atoms with Crippen LogP contribution in [0.2, 0.25) is 5.02 Å². The number of carboxylic acid groups (broad SMARTS) is 1. The summed E-state index contributed by atoms with van der Waals surface area (Å²) in [4.78, 5) is 34.1. The van der Waals surface area contributed by atoms with E-state index in [9.17, 15) is 19.5 Å². The molecule has 7 nitrogen and oxygen atoms in total. The monoisotopic (exact) mass is 393 g/mol. The van der Waals surface area contributed by atoms with Crippen molar-refractivity contribution in [2.75, 3.05) is 6.54 Å². The zero-order valence-corrected chi connectivity index (χ0v) is 18.0. The molecule has 0 radical (unpaired) electrons. The van der Waals surface area contributed by atoms with Crippen molar-refractivity contribution in [3.63, 3.8) is 0 Å². The summed E-state index contributed by atoms with van der Waals surface area (Å²) in [6.45, 7) is 4.72. The molecular formula is C17H21ClNNaO6. The third-order valence-corrected chi connectivity index (χ3v) is 3.56. The summed E-state index contributed by atoms with van der Waals surface area (Å²) in [7, 11) is 0. The summed E-state index contributed by atoms with van der Waals surface area (Å²) in [6.07, 6.45) is -1.70. The van der Waals surface area contributed by atoms with E-state index in [1.165, 1.54) is 6.92 Å². The number of ether oxygens (including phenoxy) is 2. The summed E-state index contributed by atoms with van der Waals surface area (Å²) < 4.78 is 9.90. The second kappa shape index (κ2) is 12.2. The average molecular weight is 394 g/mol. The molecular weight excluding hydrogens is 373 g/mol. The van der Waals surface area contributed by atoms with Crippen LogP contribution >= 0.6 is 11.6 Å². The SMILES string of the molecule is CC(=O)OC(OC(=O)NCCC(C(=O)[O-])c1ccc(Cl)cc1)C(C)C.[Na+]. The van der Waals surface area contributed by atoms with E-state index in [2.05, 4.69) is 5.32 Å². The van der Waals surface area contributed by atoms with E-state index in [1.54, 1.807) is 38.1 Å². The molecule has 9 heteroatoms. The average Bonchev–Trinajstić information content (AvgIpc) is 2.51. The number of halogens is 1. The number of alkyl carbamates (subject to hydrolysis) is 1. The van der Waals surface area contributed by atoms with Crippen LogP contribution in [0.4, 0.5) is 4.79 Å². The molecule has 138 valence electrons. The predicted molar refractivity (Wildman–Crippen MR) is 88.7 cm³/mol. The summed E-state index contributed by atoms with van der Waals surface area (Å²) in [5, 5.41) is 14.2. The van der Waals surface area contributed by atoms with Crippen LogP contribution in [0.3, 0.4) is 0 Å². The number of carbonyl (C=O) groups excluding carboxylic acids is 3. The standard InChI is InChI=1S/C17H22ClNO6.Na/c1-10(2)16(24-11(3)20)25-17(23)19-9-8-14(15(21)22)12-4-6-13(18)7-5-12;/h4-7,10,14,16H,8-9H2,1-3H3,(H,19,23)(H,21,22);/q;+1/p-1. The molecule has 0 aliphatic rings. The van der Waals surface area contributed by atoms with E-state index in [1.807, 2.05) is 0 Å². The Morgan fingerprint density at radius 2 is 1.73 bits per heavy atom. The molecule has 0 aliphatic heterocycles. The molecule has 0 bridgehead atoms. The van der Waals surface area contributed by atoms with Gasteiger partial charge < -0.3 is 24.7 Å². The first-order valence-electron chi connectivity index (χ1n) is 7.78. The van der Waals surface area contributed by atoms with Crippen molar-refractivity contribution in [1.29, 1.82) is 0 Å². The maximum Gasteiger partial charge on any atom is 1.00 e. The number of hydrogen-bond acceptors (Lipinski definition) is 6. The second-order valence-corrected chi connectivity index (χ2v) is 6.20. The molecule has 1 amide bonds. The van der Waals surface area contributed by atoms with Crippen LogP contribution in [0.15, 0.2) is 24.3 Å². The van der Waals surface area contributed by atoms with Crippen LogP contribution in [0.1, 0.15) is 38.7 Å². The molecule has 1 rings (SSSR count). The molecule has 0 spiro atoms. The normalized spacial score (nSPS) is 12.5. The van der Waals surface area contributed by atoms with Crippen LogP contribution in [-0.4, -0.2) is 30.9 Å². The number of benzene rings is 1. The van der Waals surface area contributed by atoms with Gasteiger partial charge in [-0.1, -0.05) is 37.6 Å². The molecule has 0 aliphatic carbocycles. The zero-order valence-electron chi connectivity index (χ0n) is 15.3. The fourth-order valence-electron chi connectivity index (χ4n) is 2.04. The molecule has 2 unspecified atom stereocenters. The number of amides is 1. The van der Waals surface area contributed by atoms with Crippen molar-refractivity contribution in [1.82, 2.24) is 5.32 Å². The Morgan fingerprint density at radius 1 is 1.15 bits per heavy atom. The number of aliphatic carboxylic acids is 1. The number of carboxylic acids is 1. The fourth-order valence-corrected chi connectivity index (χ4v) is 2.17. The van der Waals surface area contributed by atoms with Crippen molar-refractivity contribution in [2.24, 2.45) is 5.92 Å². The Balaban J connectivity index is 0.00000625. The van der Waals surface area contributed by atoms with Gasteiger partial charge in [-0.15, -0.1) is 0 Å². The van der Waals surface area contributed by atoms with Crippen LogP contribution in [0.25, 0.3) is 0 Å². The quantitative estimate of drug-likeness (QED) is 0.339. The Labute approximate surface area is 179 Å². The molecule has 0 aromatic heterocycles. The molecule has 0 saturated carbocycles. The first kappa shape index (κ1) is 24.7. The Hall–Kier alpha value is -1.28. The van der Waals surface area contributed by atoms with Gasteiger partial charge >= 0.3 is 41.6 Å². The number of rotatable bonds is 8. The summed E-state index contributed by atoms with van der Waals surface area (Å²) in [6, 6.07) is 6.36. The molecule has 1 aromatic carbocycles. The molecule has 2 atom stereocenters. The smallest absolute Gasteiger partial charge is 0.549 e. The van der Waals surface area contributed by atoms with E-state index in [0.717, 1.165) is 0 Å². The molecule has 1 N–H and O–H groups in total. The van der Waals surface area contributed by atoms with Gasteiger partial charge in [-0.3, -0.25) is 4.79 Å². The van der Waals surface area contributed by atoms with Crippen molar-refractivity contribution in [2.45, 2.75) is 39.4 Å². The minimum atomic E-state index is -1.25. The first-order chi connectivity index (χ1) is 11.7. The van der Waals surface area contributed by atoms with Gasteiger partial charge in [0.25, 0.3) is 6.29 Å². The third-order valence-electron chi connectivity index (χ3n) is 3.31. The van der Waals surface area contributed by atoms with Gasteiger partial charge in [-0.2, -0.15) is 0 Å². The first-order valence-corrected chi connectivity index (χ1v) is 8.16. The van der Waals surface area contributed by atoms with E-state index in [-0.39, 0.29) is 48.4 Å². The van der Waals surface area contributed by atoms with Gasteiger partial charge in [0.15, 0.2) is 0 Å². The molecule has 0 heterocycles. The summed E-state index contributed by atoms with van der Waals surface area (Å²) >= 11 is 5.78. The number of nitrogens with one attached hydrogen (secondary N) is 1. The Bertz CT molecular complexity index is 608. The van der Waals surface area contributed by atoms with Gasteiger partial charge in [0, 0.05) is 36.3 Å². The van der Waals surface area contributed by atoms with Crippen molar-refractivity contribution in [3.05, 3.63) is 34.9 Å². The van der Waals surface area contributed by atoms with Gasteiger partial charge in [0.1, 0.15) is 0 Å². The van der Waals surface area contributed by atoms with E-state index in [0.29, 0.717) is 10.6 Å². The van der Waals surface area contributed by atoms with Crippen molar-refractivity contribution < 1.29 is 58.5 Å². The number of hydrogen-bond donors (Lipinski definition) is 1. The maximum absolute atomic E-state index is 11.8. The summed E-state index contributed by atoms with van der Waals surface area (Å²) in [5.74, 6) is -2.93. The van der Waals surface area contributed by atoms with E-state index in [4.69, 9.17) is 21.1 Å². The van der Waals surface area contributed by atoms with E-state index < -0.39 is 30.2 Å². The topological polar surface area (TPSA) is 105 Å². The van der Waals surface area contributed by atoms with Crippen LogP contribution in [-0.2, 0) is 19.1 Å². The van der Waals surface area contributed by atoms with Gasteiger partial charge in [-0.25, -0.2) is 4.79 Å². The molecule has 0 saturated heterocycles. The van der Waals surface area contributed by atoms with Crippen molar-refractivity contribution >= 4 is 29.6 Å². The minimum absolute atomic E-state index is 0. The predicted octanol–water partition coefficient (Wildman–Crippen LogP) is -1.16. The van der Waals surface area contributed by atoms with Crippen LogP contribution in [0, 0.1) is 5.92 Å². The molecule has 26 heavy (non-hydrogen) atoms. The van der Waals surface area contributed by atoms with Gasteiger partial charge in [0.05, 0.1) is 0 Å². The van der Waals surface area contributed by atoms with Crippen molar-refractivity contribution in [3.8, 4) is 0 Å². The molecule has 0 fully saturated rings. The van der Waals surface area contributed by atoms with Gasteiger partial charge in [-0.05, 0) is 24.1 Å². The largest absolute Gasteiger partial charge is 1.00 e.